The monoisotopic (exact) mass is 310 g/mol. The summed E-state index contributed by atoms with van der Waals surface area (Å²) in [5.41, 5.74) is 9.49. The lowest BCUT2D eigenvalue weighted by molar-refractivity contribution is 0.0524. The first-order valence-corrected chi connectivity index (χ1v) is 8.18. The van der Waals surface area contributed by atoms with E-state index in [1.165, 1.54) is 16.3 Å². The quantitative estimate of drug-likeness (QED) is 0.361. The fourth-order valence-corrected chi connectivity index (χ4v) is 3.12. The number of benzene rings is 2. The van der Waals surface area contributed by atoms with Gasteiger partial charge in [0, 0.05) is 24.0 Å². The summed E-state index contributed by atoms with van der Waals surface area (Å²) >= 11 is 0. The van der Waals surface area contributed by atoms with Crippen molar-refractivity contribution in [1.82, 2.24) is 5.32 Å². The van der Waals surface area contributed by atoms with Crippen molar-refractivity contribution in [3.8, 4) is 0 Å². The molecule has 23 heavy (non-hydrogen) atoms. The Morgan fingerprint density at radius 3 is 2.96 bits per heavy atom. The Labute approximate surface area is 136 Å². The summed E-state index contributed by atoms with van der Waals surface area (Å²) in [5.74, 6) is 0. The van der Waals surface area contributed by atoms with Crippen LogP contribution < -0.4 is 5.32 Å². The second-order valence-corrected chi connectivity index (χ2v) is 6.05. The van der Waals surface area contributed by atoms with E-state index in [0.29, 0.717) is 19.2 Å². The Hall–Kier alpha value is -2.07. The molecule has 3 rings (SSSR count). The van der Waals surface area contributed by atoms with Gasteiger partial charge < -0.3 is 10.1 Å². The lowest BCUT2D eigenvalue weighted by Crippen LogP contribution is -2.21. The number of nitrogens with zero attached hydrogens (tertiary/aromatic N) is 3. The number of ether oxygens (including phenoxy) is 1. The van der Waals surface area contributed by atoms with Crippen LogP contribution >= 0.6 is 0 Å². The minimum atomic E-state index is 0.269. The van der Waals surface area contributed by atoms with E-state index >= 15 is 0 Å². The van der Waals surface area contributed by atoms with Crippen LogP contribution in [0.1, 0.15) is 24.8 Å². The maximum Gasteiger partial charge on any atom is 0.0721 e. The lowest BCUT2D eigenvalue weighted by Gasteiger charge is -2.12. The van der Waals surface area contributed by atoms with E-state index in [1.807, 2.05) is 0 Å². The molecule has 0 bridgehead atoms. The molecule has 1 N–H and O–H groups in total. The maximum absolute atomic E-state index is 8.27. The first kappa shape index (κ1) is 15.8. The van der Waals surface area contributed by atoms with E-state index in [4.69, 9.17) is 10.3 Å². The molecule has 0 aliphatic carbocycles. The molecule has 0 spiro atoms. The van der Waals surface area contributed by atoms with Crippen LogP contribution in [0.3, 0.4) is 0 Å². The molecule has 1 fully saturated rings. The highest BCUT2D eigenvalue weighted by molar-refractivity contribution is 5.82. The fourth-order valence-electron chi connectivity index (χ4n) is 3.12. The third-order valence-corrected chi connectivity index (χ3v) is 4.36. The van der Waals surface area contributed by atoms with Gasteiger partial charge in [-0.1, -0.05) is 41.5 Å². The number of azide groups is 1. The van der Waals surface area contributed by atoms with E-state index < -0.39 is 0 Å². The average Bonchev–Trinajstić information content (AvgIpc) is 3.04. The fraction of sp³-hybridized carbons (Fsp3) is 0.444. The number of hydrogen-bond acceptors (Lipinski definition) is 3. The zero-order chi connectivity index (χ0) is 15.9. The van der Waals surface area contributed by atoms with Gasteiger partial charge in [0.15, 0.2) is 0 Å². The molecular formula is C18H22N4O. The van der Waals surface area contributed by atoms with Gasteiger partial charge in [0.05, 0.1) is 12.7 Å². The topological polar surface area (TPSA) is 70.0 Å². The molecule has 2 aromatic carbocycles. The molecule has 0 saturated carbocycles. The van der Waals surface area contributed by atoms with Crippen molar-refractivity contribution >= 4 is 10.8 Å². The highest BCUT2D eigenvalue weighted by atomic mass is 16.5. The van der Waals surface area contributed by atoms with Gasteiger partial charge in [-0.25, -0.2) is 0 Å². The SMILES string of the molecule is [N-]=[N+]=NCCC[C@H]1C[C@H](OCc2ccc3ccccc3c2)CN1. The third-order valence-electron chi connectivity index (χ3n) is 4.36. The molecule has 0 radical (unpaired) electrons. The standard InChI is InChI=1S/C18H22N4O/c19-22-21-9-3-6-17-11-18(12-20-17)23-13-14-7-8-15-4-1-2-5-16(15)10-14/h1-2,4-5,7-8,10,17-18,20H,3,6,9,11-13H2/t17-,18-/m0/s1. The normalized spacial score (nSPS) is 20.5. The molecule has 1 heterocycles. The Morgan fingerprint density at radius 1 is 1.22 bits per heavy atom. The van der Waals surface area contributed by atoms with E-state index in [2.05, 4.69) is 57.8 Å². The molecule has 120 valence electrons. The molecule has 2 aromatic rings. The summed E-state index contributed by atoms with van der Waals surface area (Å²) < 4.78 is 6.05. The van der Waals surface area contributed by atoms with Gasteiger partial charge >= 0.3 is 0 Å². The molecule has 1 aliphatic heterocycles. The summed E-state index contributed by atoms with van der Waals surface area (Å²) in [6, 6.07) is 15.4. The summed E-state index contributed by atoms with van der Waals surface area (Å²) in [7, 11) is 0. The summed E-state index contributed by atoms with van der Waals surface area (Å²) in [5, 5.41) is 9.59. The van der Waals surface area contributed by atoms with Crippen LogP contribution in [0.2, 0.25) is 0 Å². The van der Waals surface area contributed by atoms with Crippen molar-refractivity contribution in [2.24, 2.45) is 5.11 Å². The van der Waals surface area contributed by atoms with Crippen LogP contribution in [-0.2, 0) is 11.3 Å². The first-order valence-electron chi connectivity index (χ1n) is 8.18. The van der Waals surface area contributed by atoms with Crippen LogP contribution in [-0.4, -0.2) is 25.2 Å². The highest BCUT2D eigenvalue weighted by Gasteiger charge is 2.23. The van der Waals surface area contributed by atoms with Crippen molar-refractivity contribution in [3.05, 3.63) is 58.5 Å². The van der Waals surface area contributed by atoms with Gasteiger partial charge in [-0.3, -0.25) is 0 Å². The van der Waals surface area contributed by atoms with Gasteiger partial charge in [0.25, 0.3) is 0 Å². The average molecular weight is 310 g/mol. The zero-order valence-corrected chi connectivity index (χ0v) is 13.2. The molecular weight excluding hydrogens is 288 g/mol. The Balaban J connectivity index is 1.45. The van der Waals surface area contributed by atoms with Crippen molar-refractivity contribution in [2.45, 2.75) is 38.0 Å². The minimum absolute atomic E-state index is 0.269. The number of fused-ring (bicyclic) bond motifs is 1. The molecule has 0 aromatic heterocycles. The molecule has 0 unspecified atom stereocenters. The van der Waals surface area contributed by atoms with Crippen LogP contribution in [0.15, 0.2) is 47.6 Å². The minimum Gasteiger partial charge on any atom is -0.372 e. The Bertz CT molecular complexity index is 696. The Kier molecular flexibility index (Phi) is 5.48. The number of rotatable bonds is 7. The van der Waals surface area contributed by atoms with Crippen molar-refractivity contribution in [2.75, 3.05) is 13.1 Å². The van der Waals surface area contributed by atoms with Crippen molar-refractivity contribution in [3.63, 3.8) is 0 Å². The molecule has 1 saturated heterocycles. The smallest absolute Gasteiger partial charge is 0.0721 e. The van der Waals surface area contributed by atoms with Gasteiger partial charge in [0.2, 0.25) is 0 Å². The Morgan fingerprint density at radius 2 is 2.09 bits per heavy atom. The van der Waals surface area contributed by atoms with Crippen molar-refractivity contribution < 1.29 is 4.74 Å². The predicted octanol–water partition coefficient (Wildman–Crippen LogP) is 4.18. The molecule has 5 heteroatoms. The number of hydrogen-bond donors (Lipinski definition) is 1. The highest BCUT2D eigenvalue weighted by Crippen LogP contribution is 2.19. The maximum atomic E-state index is 8.27. The third kappa shape index (κ3) is 4.45. The number of nitrogens with one attached hydrogen (secondary N) is 1. The second kappa shape index (κ2) is 7.97. The van der Waals surface area contributed by atoms with Crippen molar-refractivity contribution in [1.29, 1.82) is 0 Å². The molecule has 1 aliphatic rings. The first-order chi connectivity index (χ1) is 11.3. The largest absolute Gasteiger partial charge is 0.372 e. The van der Waals surface area contributed by atoms with Crippen LogP contribution in [0, 0.1) is 0 Å². The van der Waals surface area contributed by atoms with Crippen LogP contribution in [0.4, 0.5) is 0 Å². The van der Waals surface area contributed by atoms with Gasteiger partial charge in [-0.2, -0.15) is 0 Å². The summed E-state index contributed by atoms with van der Waals surface area (Å²) in [6.07, 6.45) is 3.27. The molecule has 0 amide bonds. The van der Waals surface area contributed by atoms with Gasteiger partial charge in [0.1, 0.15) is 0 Å². The van der Waals surface area contributed by atoms with Gasteiger partial charge in [-0.05, 0) is 47.2 Å². The van der Waals surface area contributed by atoms with E-state index in [1.54, 1.807) is 0 Å². The van der Waals surface area contributed by atoms with Crippen LogP contribution in [0.25, 0.3) is 21.2 Å². The van der Waals surface area contributed by atoms with E-state index in [9.17, 15) is 0 Å². The predicted molar refractivity (Wildman–Crippen MR) is 92.2 cm³/mol. The summed E-state index contributed by atoms with van der Waals surface area (Å²) in [6.45, 7) is 2.14. The zero-order valence-electron chi connectivity index (χ0n) is 13.2. The van der Waals surface area contributed by atoms with E-state index in [0.717, 1.165) is 25.8 Å². The second-order valence-electron chi connectivity index (χ2n) is 6.05. The van der Waals surface area contributed by atoms with Crippen LogP contribution in [0.5, 0.6) is 0 Å². The molecule has 5 nitrogen and oxygen atoms in total. The summed E-state index contributed by atoms with van der Waals surface area (Å²) in [4.78, 5) is 2.78. The lowest BCUT2D eigenvalue weighted by atomic mass is 10.1. The van der Waals surface area contributed by atoms with Gasteiger partial charge in [-0.15, -0.1) is 0 Å². The molecule has 2 atom stereocenters. The van der Waals surface area contributed by atoms with E-state index in [-0.39, 0.29) is 6.10 Å².